The summed E-state index contributed by atoms with van der Waals surface area (Å²) in [4.78, 5) is 8.06. The van der Waals surface area contributed by atoms with E-state index in [1.165, 1.54) is 149 Å². The van der Waals surface area contributed by atoms with Gasteiger partial charge in [-0.2, -0.15) is 0 Å². The molecule has 0 amide bonds. The van der Waals surface area contributed by atoms with Gasteiger partial charge in [0.1, 0.15) is 0 Å². The van der Waals surface area contributed by atoms with E-state index >= 15 is 0 Å². The molecule has 1 saturated carbocycles. The highest BCUT2D eigenvalue weighted by atomic mass is 32.1. The molecule has 4 aliphatic rings. The first-order valence-electron chi connectivity index (χ1n) is 26.3. The number of hydrogen-bond donors (Lipinski definition) is 0. The third-order valence-corrected chi connectivity index (χ3v) is 20.1. The van der Waals surface area contributed by atoms with Gasteiger partial charge in [-0.1, -0.05) is 150 Å². The van der Waals surface area contributed by atoms with Gasteiger partial charge < -0.3 is 14.7 Å². The fraction of sp³-hybridized carbons (Fsp3) is 0.194. The predicted molar refractivity (Wildman–Crippen MR) is 318 cm³/mol. The first-order chi connectivity index (χ1) is 35.5. The Bertz CT molecular complexity index is 4120. The van der Waals surface area contributed by atoms with Crippen molar-refractivity contribution in [3.05, 3.63) is 199 Å². The molecule has 1 fully saturated rings. The minimum Gasteiger partial charge on any atom is -0.334 e. The van der Waals surface area contributed by atoms with E-state index in [2.05, 4.69) is 238 Å². The van der Waals surface area contributed by atoms with E-state index in [9.17, 15) is 0 Å². The highest BCUT2D eigenvalue weighted by molar-refractivity contribution is 7.26. The highest BCUT2D eigenvalue weighted by Crippen LogP contribution is 2.62. The Hall–Kier alpha value is -7.12. The molecule has 2 aromatic heterocycles. The van der Waals surface area contributed by atoms with Gasteiger partial charge in [-0.05, 0) is 149 Å². The second kappa shape index (κ2) is 15.5. The zero-order chi connectivity index (χ0) is 49.1. The number of anilines is 8. The molecular formula is C67H56BN3S2. The van der Waals surface area contributed by atoms with Crippen molar-refractivity contribution in [1.82, 2.24) is 0 Å². The summed E-state index contributed by atoms with van der Waals surface area (Å²) in [5.74, 6) is 0. The van der Waals surface area contributed by atoms with E-state index in [1.807, 2.05) is 22.7 Å². The van der Waals surface area contributed by atoms with Crippen molar-refractivity contribution in [2.75, 3.05) is 14.7 Å². The standard InChI is InChI=1S/C67H56BN3S2/c1-41-35-58-63-59(36-41)70(56-22-16-21-50-48-20-11-13-24-61(48)73-64(50)56)57-39-46(71-54-31-25-43(42-17-8-7-9-18-42)37-51(54)66(5)33-14-15-34-67(66,71)6)28-30-52(57)68(63)53-38-44(65(2,3)4)26-32-55(53)69(58)45-27-29-49-47-19-10-12-23-60(47)72-62(49)40-45/h7-13,16-32,35-40H,14-15,33-34H2,1-6H3. The summed E-state index contributed by atoms with van der Waals surface area (Å²) in [6.45, 7) is 14.5. The van der Waals surface area contributed by atoms with Crippen LogP contribution >= 0.6 is 22.7 Å². The van der Waals surface area contributed by atoms with Gasteiger partial charge >= 0.3 is 0 Å². The summed E-state index contributed by atoms with van der Waals surface area (Å²) >= 11 is 3.82. The van der Waals surface area contributed by atoms with Crippen LogP contribution in [0.25, 0.3) is 51.5 Å². The van der Waals surface area contributed by atoms with Crippen LogP contribution in [0, 0.1) is 6.92 Å². The van der Waals surface area contributed by atoms with Crippen LogP contribution in [0.2, 0.25) is 0 Å². The number of nitrogens with zero attached hydrogens (tertiary/aromatic N) is 3. The molecule has 3 aliphatic heterocycles. The summed E-state index contributed by atoms with van der Waals surface area (Å²) in [7, 11) is 0. The van der Waals surface area contributed by atoms with Crippen molar-refractivity contribution in [2.45, 2.75) is 83.6 Å². The highest BCUT2D eigenvalue weighted by Gasteiger charge is 2.58. The predicted octanol–water partition coefficient (Wildman–Crippen LogP) is 17.5. The van der Waals surface area contributed by atoms with Crippen molar-refractivity contribution < 1.29 is 0 Å². The largest absolute Gasteiger partial charge is 0.334 e. The molecule has 0 N–H and O–H groups in total. The molecule has 2 unspecified atom stereocenters. The molecule has 9 aromatic carbocycles. The smallest absolute Gasteiger partial charge is 0.252 e. The maximum atomic E-state index is 2.78. The van der Waals surface area contributed by atoms with Crippen LogP contribution in [0.1, 0.15) is 77.0 Å². The van der Waals surface area contributed by atoms with Crippen molar-refractivity contribution in [1.29, 1.82) is 0 Å². The van der Waals surface area contributed by atoms with Gasteiger partial charge in [-0.3, -0.25) is 0 Å². The van der Waals surface area contributed by atoms with E-state index in [-0.39, 0.29) is 23.1 Å². The molecule has 15 rings (SSSR count). The molecule has 73 heavy (non-hydrogen) atoms. The third kappa shape index (κ3) is 6.11. The Balaban J connectivity index is 1.01. The van der Waals surface area contributed by atoms with Crippen LogP contribution in [0.3, 0.4) is 0 Å². The summed E-state index contributed by atoms with van der Waals surface area (Å²) in [5.41, 5.74) is 20.7. The summed E-state index contributed by atoms with van der Waals surface area (Å²) in [5, 5.41) is 5.28. The maximum Gasteiger partial charge on any atom is 0.252 e. The fourth-order valence-corrected chi connectivity index (χ4v) is 16.3. The van der Waals surface area contributed by atoms with E-state index in [4.69, 9.17) is 0 Å². The minimum absolute atomic E-state index is 0.00365. The second-order valence-corrected chi connectivity index (χ2v) is 25.0. The van der Waals surface area contributed by atoms with Crippen molar-refractivity contribution in [2.24, 2.45) is 0 Å². The van der Waals surface area contributed by atoms with E-state index in [0.29, 0.717) is 0 Å². The van der Waals surface area contributed by atoms with E-state index < -0.39 is 0 Å². The molecule has 1 aliphatic carbocycles. The van der Waals surface area contributed by atoms with Crippen LogP contribution < -0.4 is 31.1 Å². The van der Waals surface area contributed by atoms with E-state index in [0.717, 1.165) is 6.42 Å². The molecule has 11 aromatic rings. The molecule has 6 heteroatoms. The number of fused-ring (bicyclic) bond motifs is 13. The van der Waals surface area contributed by atoms with Crippen molar-refractivity contribution >= 4 is 132 Å². The van der Waals surface area contributed by atoms with Gasteiger partial charge in [-0.25, -0.2) is 0 Å². The van der Waals surface area contributed by atoms with Crippen LogP contribution in [-0.4, -0.2) is 12.3 Å². The van der Waals surface area contributed by atoms with Gasteiger partial charge in [0.05, 0.1) is 15.9 Å². The second-order valence-electron chi connectivity index (χ2n) is 22.9. The van der Waals surface area contributed by atoms with Crippen molar-refractivity contribution in [3.63, 3.8) is 0 Å². The average molecular weight is 978 g/mol. The minimum atomic E-state index is -0.112. The lowest BCUT2D eigenvalue weighted by molar-refractivity contribution is 0.195. The average Bonchev–Trinajstić information content (AvgIpc) is 4.04. The Kier molecular flexibility index (Phi) is 9.20. The Morgan fingerprint density at radius 3 is 1.97 bits per heavy atom. The van der Waals surface area contributed by atoms with Crippen molar-refractivity contribution in [3.8, 4) is 11.1 Å². The zero-order valence-corrected chi connectivity index (χ0v) is 44.0. The maximum absolute atomic E-state index is 2.78. The van der Waals surface area contributed by atoms with Gasteiger partial charge in [0.15, 0.2) is 0 Å². The van der Waals surface area contributed by atoms with E-state index in [1.54, 1.807) is 0 Å². The monoisotopic (exact) mass is 977 g/mol. The molecule has 3 nitrogen and oxygen atoms in total. The lowest BCUT2D eigenvalue weighted by Gasteiger charge is -2.50. The van der Waals surface area contributed by atoms with Crippen LogP contribution in [-0.2, 0) is 10.8 Å². The molecule has 354 valence electrons. The normalized spacial score (nSPS) is 18.9. The SMILES string of the molecule is Cc1cc2c3c(c1)N(c1cccc4c1sc1ccccc14)c1cc(N4c5ccc(-c6ccccc6)cc5C5(C)CCCCC45C)ccc1B3c1cc(C(C)(C)C)ccc1N2c1ccc2c(c1)sc1ccccc12. The summed E-state index contributed by atoms with van der Waals surface area (Å²) in [6.07, 6.45) is 4.79. The quantitative estimate of drug-likeness (QED) is 0.163. The van der Waals surface area contributed by atoms with Crippen LogP contribution in [0.4, 0.5) is 45.5 Å². The molecular weight excluding hydrogens is 922 g/mol. The fourth-order valence-electron chi connectivity index (χ4n) is 14.0. The summed E-state index contributed by atoms with van der Waals surface area (Å²) in [6, 6.07) is 70.3. The van der Waals surface area contributed by atoms with Crippen LogP contribution in [0.5, 0.6) is 0 Å². The molecule has 2 atom stereocenters. The molecule has 0 radical (unpaired) electrons. The zero-order valence-electron chi connectivity index (χ0n) is 42.4. The van der Waals surface area contributed by atoms with Gasteiger partial charge in [-0.15, -0.1) is 22.7 Å². The number of rotatable bonds is 4. The number of benzene rings is 9. The van der Waals surface area contributed by atoms with Crippen LogP contribution in [0.15, 0.2) is 182 Å². The first kappa shape index (κ1) is 43.5. The molecule has 5 heterocycles. The van der Waals surface area contributed by atoms with Gasteiger partial charge in [0.2, 0.25) is 0 Å². The summed E-state index contributed by atoms with van der Waals surface area (Å²) < 4.78 is 5.28. The number of aryl methyl sites for hydroxylation is 1. The lowest BCUT2D eigenvalue weighted by atomic mass is 9.33. The van der Waals surface area contributed by atoms with Gasteiger partial charge in [0.25, 0.3) is 6.71 Å². The third-order valence-electron chi connectivity index (χ3n) is 17.8. The topological polar surface area (TPSA) is 9.72 Å². The van der Waals surface area contributed by atoms with Gasteiger partial charge in [0, 0.05) is 80.9 Å². The molecule has 0 spiro atoms. The Labute approximate surface area is 437 Å². The first-order valence-corrected chi connectivity index (χ1v) is 28.0. The lowest BCUT2D eigenvalue weighted by Crippen LogP contribution is -2.61. The number of thiophene rings is 2. The Morgan fingerprint density at radius 2 is 1.16 bits per heavy atom. The number of hydrogen-bond acceptors (Lipinski definition) is 5. The molecule has 0 saturated heterocycles. The Morgan fingerprint density at radius 1 is 0.479 bits per heavy atom. The molecule has 0 bridgehead atoms.